The van der Waals surface area contributed by atoms with Gasteiger partial charge in [0.05, 0.1) is 17.3 Å². The molecule has 1 aromatic heterocycles. The van der Waals surface area contributed by atoms with Gasteiger partial charge in [-0.25, -0.2) is 9.78 Å². The lowest BCUT2D eigenvalue weighted by Crippen LogP contribution is -3.10. The molecule has 0 saturated carbocycles. The molecule has 6 nitrogen and oxygen atoms in total. The van der Waals surface area contributed by atoms with Gasteiger partial charge in [-0.1, -0.05) is 29.8 Å². The minimum absolute atomic E-state index is 0.0468. The summed E-state index contributed by atoms with van der Waals surface area (Å²) in [5, 5.41) is 6.12. The highest BCUT2D eigenvalue weighted by atomic mass is 32.1. The molecular formula is C21H25N4O2S+. The van der Waals surface area contributed by atoms with Crippen LogP contribution in [0.1, 0.15) is 29.1 Å². The molecule has 7 heteroatoms. The first-order valence-corrected chi connectivity index (χ1v) is 10.0. The summed E-state index contributed by atoms with van der Waals surface area (Å²) in [7, 11) is 1.93. The monoisotopic (exact) mass is 397 g/mol. The number of carbonyl (C=O) groups excluding carboxylic acids is 2. The van der Waals surface area contributed by atoms with Crippen molar-refractivity contribution in [2.24, 2.45) is 0 Å². The predicted molar refractivity (Wildman–Crippen MR) is 113 cm³/mol. The Bertz CT molecular complexity index is 982. The number of likely N-dealkylation sites (N-methyl/N-ethyl adjacent to an activating group) is 1. The fraction of sp³-hybridized carbons (Fsp3) is 0.286. The highest BCUT2D eigenvalue weighted by Gasteiger charge is 2.23. The van der Waals surface area contributed by atoms with Crippen LogP contribution in [0.25, 0.3) is 10.2 Å². The number of benzene rings is 2. The highest BCUT2D eigenvalue weighted by Crippen LogP contribution is 2.24. The summed E-state index contributed by atoms with van der Waals surface area (Å²) in [4.78, 5) is 30.1. The Balaban J connectivity index is 1.56. The van der Waals surface area contributed by atoms with E-state index in [1.54, 1.807) is 11.3 Å². The zero-order chi connectivity index (χ0) is 20.3. The first kappa shape index (κ1) is 20.0. The lowest BCUT2D eigenvalue weighted by Gasteiger charge is -2.19. The first-order valence-electron chi connectivity index (χ1n) is 9.19. The third-order valence-corrected chi connectivity index (χ3v) is 5.96. The van der Waals surface area contributed by atoms with Gasteiger partial charge in [-0.05, 0) is 44.5 Å². The number of hydrogen-bond acceptors (Lipinski definition) is 4. The van der Waals surface area contributed by atoms with E-state index in [9.17, 15) is 9.59 Å². The normalized spacial score (nSPS) is 13.1. The minimum Gasteiger partial charge on any atom is -0.322 e. The number of quaternary nitrogens is 1. The van der Waals surface area contributed by atoms with Crippen molar-refractivity contribution in [2.45, 2.75) is 26.8 Å². The van der Waals surface area contributed by atoms with Crippen LogP contribution in [0.2, 0.25) is 0 Å². The average molecular weight is 398 g/mol. The molecule has 0 aliphatic heterocycles. The topological polar surface area (TPSA) is 75.5 Å². The molecular weight excluding hydrogens is 372 g/mol. The van der Waals surface area contributed by atoms with Crippen molar-refractivity contribution in [3.63, 3.8) is 0 Å². The summed E-state index contributed by atoms with van der Waals surface area (Å²) in [5.41, 5.74) is 3.74. The van der Waals surface area contributed by atoms with Gasteiger partial charge in [-0.15, -0.1) is 11.3 Å². The maximum Gasteiger partial charge on any atom is 0.326 e. The van der Waals surface area contributed by atoms with Gasteiger partial charge in [0.1, 0.15) is 6.04 Å². The lowest BCUT2D eigenvalue weighted by molar-refractivity contribution is -0.902. The number of thiazole rings is 1. The Morgan fingerprint density at radius 3 is 2.64 bits per heavy atom. The molecule has 0 aliphatic rings. The molecule has 1 unspecified atom stereocenters. The first-order chi connectivity index (χ1) is 13.3. The van der Waals surface area contributed by atoms with Crippen LogP contribution in [0.15, 0.2) is 42.5 Å². The summed E-state index contributed by atoms with van der Waals surface area (Å²) in [6.45, 7) is 6.13. The number of rotatable bonds is 5. The second kappa shape index (κ2) is 8.50. The SMILES string of the molecule is Cc1ccc(NC(=O)NC(=O)C[NH+](C)[C@H](C)c2nc3ccccc3s2)c(C)c1. The molecule has 0 saturated heterocycles. The molecule has 3 aromatic rings. The van der Waals surface area contributed by atoms with Crippen molar-refractivity contribution in [1.29, 1.82) is 0 Å². The second-order valence-corrected chi connectivity index (χ2v) is 8.15. The number of amides is 3. The third kappa shape index (κ3) is 4.74. The predicted octanol–water partition coefficient (Wildman–Crippen LogP) is 2.84. The summed E-state index contributed by atoms with van der Waals surface area (Å²) >= 11 is 1.64. The number of imide groups is 1. The maximum absolute atomic E-state index is 12.3. The zero-order valence-electron chi connectivity index (χ0n) is 16.5. The molecule has 0 radical (unpaired) electrons. The summed E-state index contributed by atoms with van der Waals surface area (Å²) in [5.74, 6) is -0.326. The van der Waals surface area contributed by atoms with Crippen molar-refractivity contribution in [1.82, 2.24) is 10.3 Å². The van der Waals surface area contributed by atoms with Crippen LogP contribution in [0.5, 0.6) is 0 Å². The Morgan fingerprint density at radius 1 is 1.18 bits per heavy atom. The number of carbonyl (C=O) groups is 2. The maximum atomic E-state index is 12.3. The van der Waals surface area contributed by atoms with E-state index in [-0.39, 0.29) is 18.5 Å². The Morgan fingerprint density at radius 2 is 1.93 bits per heavy atom. The molecule has 2 atom stereocenters. The van der Waals surface area contributed by atoms with Crippen molar-refractivity contribution in [3.8, 4) is 0 Å². The Kier molecular flexibility index (Phi) is 6.06. The molecule has 3 rings (SSSR count). The number of fused-ring (bicyclic) bond motifs is 1. The van der Waals surface area contributed by atoms with Crippen molar-refractivity contribution in [2.75, 3.05) is 18.9 Å². The van der Waals surface area contributed by atoms with E-state index >= 15 is 0 Å². The number of aromatic nitrogens is 1. The number of aryl methyl sites for hydroxylation is 2. The van der Waals surface area contributed by atoms with Crippen molar-refractivity contribution < 1.29 is 14.5 Å². The van der Waals surface area contributed by atoms with Gasteiger partial charge in [0.25, 0.3) is 5.91 Å². The van der Waals surface area contributed by atoms with Crippen molar-refractivity contribution in [3.05, 3.63) is 58.6 Å². The van der Waals surface area contributed by atoms with Gasteiger partial charge in [0, 0.05) is 5.69 Å². The van der Waals surface area contributed by atoms with Crippen LogP contribution in [-0.2, 0) is 4.79 Å². The van der Waals surface area contributed by atoms with Crippen LogP contribution in [0, 0.1) is 13.8 Å². The largest absolute Gasteiger partial charge is 0.326 e. The summed E-state index contributed by atoms with van der Waals surface area (Å²) < 4.78 is 1.13. The van der Waals surface area contributed by atoms with E-state index in [2.05, 4.69) is 15.6 Å². The van der Waals surface area contributed by atoms with Crippen LogP contribution >= 0.6 is 11.3 Å². The van der Waals surface area contributed by atoms with Crippen molar-refractivity contribution >= 4 is 39.2 Å². The molecule has 0 aliphatic carbocycles. The molecule has 3 amide bonds. The molecule has 28 heavy (non-hydrogen) atoms. The van der Waals surface area contributed by atoms with E-state index < -0.39 is 6.03 Å². The van der Waals surface area contributed by atoms with E-state index in [1.165, 1.54) is 0 Å². The Hall–Kier alpha value is -2.77. The van der Waals surface area contributed by atoms with Gasteiger partial charge in [0.2, 0.25) is 0 Å². The molecule has 0 bridgehead atoms. The van der Waals surface area contributed by atoms with E-state index in [0.717, 1.165) is 31.3 Å². The molecule has 1 heterocycles. The zero-order valence-corrected chi connectivity index (χ0v) is 17.3. The number of nitrogens with zero attached hydrogens (tertiary/aromatic N) is 1. The molecule has 3 N–H and O–H groups in total. The molecule has 2 aromatic carbocycles. The quantitative estimate of drug-likeness (QED) is 0.620. The highest BCUT2D eigenvalue weighted by molar-refractivity contribution is 7.18. The third-order valence-electron chi connectivity index (χ3n) is 4.74. The van der Waals surface area contributed by atoms with Gasteiger partial charge in [-0.3, -0.25) is 10.1 Å². The number of nitrogens with one attached hydrogen (secondary N) is 3. The summed E-state index contributed by atoms with van der Waals surface area (Å²) in [6.07, 6.45) is 0. The Labute approximate surface area is 168 Å². The number of para-hydroxylation sites is 1. The number of urea groups is 1. The number of hydrogen-bond donors (Lipinski definition) is 3. The van der Waals surface area contributed by atoms with Crippen LogP contribution in [0.4, 0.5) is 10.5 Å². The van der Waals surface area contributed by atoms with Crippen LogP contribution < -0.4 is 15.5 Å². The molecule has 0 fully saturated rings. The van der Waals surface area contributed by atoms with E-state index in [4.69, 9.17) is 0 Å². The van der Waals surface area contributed by atoms with Gasteiger partial charge in [0.15, 0.2) is 11.6 Å². The van der Waals surface area contributed by atoms with Crippen LogP contribution in [0.3, 0.4) is 0 Å². The summed E-state index contributed by atoms with van der Waals surface area (Å²) in [6, 6.07) is 13.3. The minimum atomic E-state index is -0.516. The lowest BCUT2D eigenvalue weighted by atomic mass is 10.1. The fourth-order valence-electron chi connectivity index (χ4n) is 2.97. The second-order valence-electron chi connectivity index (χ2n) is 7.09. The fourth-order valence-corrected chi connectivity index (χ4v) is 4.08. The van der Waals surface area contributed by atoms with E-state index in [1.807, 2.05) is 70.3 Å². The average Bonchev–Trinajstić information content (AvgIpc) is 3.07. The standard InChI is InChI=1S/C21H24N4O2S/c1-13-9-10-16(14(2)11-13)23-21(27)24-19(26)12-25(4)15(3)20-22-17-7-5-6-8-18(17)28-20/h5-11,15H,12H2,1-4H3,(H2,23,24,26,27)/p+1/t15-/m1/s1. The molecule has 146 valence electrons. The van der Waals surface area contributed by atoms with Gasteiger partial charge < -0.3 is 10.2 Å². The molecule has 0 spiro atoms. The van der Waals surface area contributed by atoms with Gasteiger partial charge >= 0.3 is 6.03 Å². The van der Waals surface area contributed by atoms with Crippen LogP contribution in [-0.4, -0.2) is 30.5 Å². The smallest absolute Gasteiger partial charge is 0.322 e. The van der Waals surface area contributed by atoms with Gasteiger partial charge in [-0.2, -0.15) is 0 Å². The number of anilines is 1. The van der Waals surface area contributed by atoms with E-state index in [0.29, 0.717) is 5.69 Å².